The Bertz CT molecular complexity index is 1540. The lowest BCUT2D eigenvalue weighted by Gasteiger charge is -2.15. The van der Waals surface area contributed by atoms with E-state index in [0.717, 1.165) is 16.0 Å². The molecule has 192 valence electrons. The Morgan fingerprint density at radius 2 is 1.81 bits per heavy atom. The third-order valence-corrected chi connectivity index (χ3v) is 8.08. The summed E-state index contributed by atoms with van der Waals surface area (Å²) >= 11 is 2.71. The molecule has 0 atom stereocenters. The molecule has 0 saturated carbocycles. The van der Waals surface area contributed by atoms with Gasteiger partial charge in [0.05, 0.1) is 23.9 Å². The number of ether oxygens (including phenoxy) is 1. The maximum atomic E-state index is 13.0. The lowest BCUT2D eigenvalue weighted by Crippen LogP contribution is -2.23. The van der Waals surface area contributed by atoms with Gasteiger partial charge in [-0.1, -0.05) is 30.0 Å². The molecule has 2 amide bonds. The van der Waals surface area contributed by atoms with E-state index in [4.69, 9.17) is 4.74 Å². The molecule has 10 heteroatoms. The van der Waals surface area contributed by atoms with E-state index >= 15 is 0 Å². The summed E-state index contributed by atoms with van der Waals surface area (Å²) in [7, 11) is 1.50. The van der Waals surface area contributed by atoms with Crippen LogP contribution in [0.4, 0.5) is 11.4 Å². The molecule has 0 unspecified atom stereocenters. The number of carbonyl (C=O) groups excluding carboxylic acids is 2. The van der Waals surface area contributed by atoms with Crippen molar-refractivity contribution < 1.29 is 14.3 Å². The fourth-order valence-corrected chi connectivity index (χ4v) is 5.82. The number of fused-ring (bicyclic) bond motifs is 1. The number of benzene rings is 2. The number of rotatable bonds is 8. The van der Waals surface area contributed by atoms with Crippen LogP contribution in [0.1, 0.15) is 33.3 Å². The second-order valence-electron chi connectivity index (χ2n) is 8.43. The highest BCUT2D eigenvalue weighted by atomic mass is 32.2. The molecule has 0 radical (unpaired) electrons. The van der Waals surface area contributed by atoms with E-state index in [1.807, 2.05) is 33.8 Å². The Morgan fingerprint density at radius 3 is 2.49 bits per heavy atom. The Hall–Kier alpha value is -3.63. The fourth-order valence-electron chi connectivity index (χ4n) is 3.89. The molecule has 0 aliphatic carbocycles. The minimum atomic E-state index is -0.265. The number of thiophene rings is 1. The Kier molecular flexibility index (Phi) is 7.99. The van der Waals surface area contributed by atoms with Crippen LogP contribution in [0.25, 0.3) is 10.2 Å². The Labute approximate surface area is 223 Å². The van der Waals surface area contributed by atoms with E-state index in [2.05, 4.69) is 15.6 Å². The molecule has 4 rings (SSSR count). The van der Waals surface area contributed by atoms with Gasteiger partial charge in [0.2, 0.25) is 5.91 Å². The van der Waals surface area contributed by atoms with Crippen molar-refractivity contribution in [3.05, 3.63) is 74.4 Å². The number of carbonyl (C=O) groups is 2. The summed E-state index contributed by atoms with van der Waals surface area (Å²) in [6.45, 7) is 8.10. The van der Waals surface area contributed by atoms with Crippen molar-refractivity contribution >= 4 is 56.5 Å². The van der Waals surface area contributed by atoms with Gasteiger partial charge in [0.15, 0.2) is 5.16 Å². The number of methoxy groups -OCH3 is 1. The monoisotopic (exact) mass is 536 g/mol. The first-order valence-corrected chi connectivity index (χ1v) is 13.5. The van der Waals surface area contributed by atoms with Crippen molar-refractivity contribution in [3.8, 4) is 5.75 Å². The Morgan fingerprint density at radius 1 is 1.08 bits per heavy atom. The maximum Gasteiger partial charge on any atom is 0.263 e. The largest absolute Gasteiger partial charge is 0.494 e. The minimum Gasteiger partial charge on any atom is -0.494 e. The van der Waals surface area contributed by atoms with Crippen molar-refractivity contribution in [2.45, 2.75) is 39.4 Å². The second-order valence-corrected chi connectivity index (χ2v) is 10.6. The lowest BCUT2D eigenvalue weighted by atomic mass is 10.1. The van der Waals surface area contributed by atoms with Crippen molar-refractivity contribution in [1.82, 2.24) is 9.55 Å². The molecule has 0 spiro atoms. The van der Waals surface area contributed by atoms with Crippen LogP contribution in [0, 0.1) is 20.8 Å². The smallest absolute Gasteiger partial charge is 0.263 e. The van der Waals surface area contributed by atoms with E-state index in [9.17, 15) is 14.4 Å². The van der Waals surface area contributed by atoms with E-state index in [-0.39, 0.29) is 23.1 Å². The summed E-state index contributed by atoms with van der Waals surface area (Å²) < 4.78 is 7.08. The van der Waals surface area contributed by atoms with E-state index in [1.165, 1.54) is 30.2 Å². The van der Waals surface area contributed by atoms with Gasteiger partial charge in [0, 0.05) is 28.7 Å². The van der Waals surface area contributed by atoms with Crippen LogP contribution < -0.4 is 20.9 Å². The molecule has 2 heterocycles. The van der Waals surface area contributed by atoms with Crippen LogP contribution >= 0.6 is 23.1 Å². The lowest BCUT2D eigenvalue weighted by molar-refractivity contribution is -0.113. The van der Waals surface area contributed by atoms with Gasteiger partial charge in [-0.2, -0.15) is 0 Å². The molecule has 0 bridgehead atoms. The normalized spacial score (nSPS) is 10.9. The summed E-state index contributed by atoms with van der Waals surface area (Å²) in [5, 5.41) is 6.93. The third kappa shape index (κ3) is 5.55. The zero-order chi connectivity index (χ0) is 26.7. The summed E-state index contributed by atoms with van der Waals surface area (Å²) in [5.41, 5.74) is 3.26. The molecular formula is C27H28N4O4S2. The molecule has 0 aliphatic rings. The average molecular weight is 537 g/mol. The van der Waals surface area contributed by atoms with Gasteiger partial charge >= 0.3 is 0 Å². The number of aromatic nitrogens is 2. The SMILES string of the molecule is CCn1c(SCC(=O)Nc2cc(C)c(NC(=O)c3ccccc3)cc2OC)nc2sc(C)c(C)c2c1=O. The maximum absolute atomic E-state index is 13.0. The Balaban J connectivity index is 1.50. The van der Waals surface area contributed by atoms with E-state index < -0.39 is 0 Å². The zero-order valence-corrected chi connectivity index (χ0v) is 22.9. The molecule has 0 saturated heterocycles. The number of nitrogens with zero attached hydrogens (tertiary/aromatic N) is 2. The highest BCUT2D eigenvalue weighted by molar-refractivity contribution is 7.99. The quantitative estimate of drug-likeness (QED) is 0.231. The number of hydrogen-bond donors (Lipinski definition) is 2. The second kappa shape index (κ2) is 11.2. The van der Waals surface area contributed by atoms with Crippen molar-refractivity contribution in [3.63, 3.8) is 0 Å². The number of nitrogens with one attached hydrogen (secondary N) is 2. The molecule has 8 nitrogen and oxygen atoms in total. The van der Waals surface area contributed by atoms with Crippen LogP contribution in [-0.4, -0.2) is 34.2 Å². The summed E-state index contributed by atoms with van der Waals surface area (Å²) in [4.78, 5) is 44.9. The zero-order valence-electron chi connectivity index (χ0n) is 21.3. The topological polar surface area (TPSA) is 102 Å². The molecule has 37 heavy (non-hydrogen) atoms. The first kappa shape index (κ1) is 26.4. The van der Waals surface area contributed by atoms with Gasteiger partial charge in [-0.15, -0.1) is 11.3 Å². The number of thioether (sulfide) groups is 1. The molecule has 2 aromatic carbocycles. The first-order chi connectivity index (χ1) is 17.7. The first-order valence-electron chi connectivity index (χ1n) is 11.7. The third-order valence-electron chi connectivity index (χ3n) is 6.01. The molecule has 2 aromatic heterocycles. The molecular weight excluding hydrogens is 508 g/mol. The number of anilines is 2. The van der Waals surface area contributed by atoms with Crippen molar-refractivity contribution in [2.75, 3.05) is 23.5 Å². The average Bonchev–Trinajstić information content (AvgIpc) is 3.17. The molecule has 0 aliphatic heterocycles. The molecule has 4 aromatic rings. The van der Waals surface area contributed by atoms with Crippen LogP contribution in [0.15, 0.2) is 52.4 Å². The van der Waals surface area contributed by atoms with Gasteiger partial charge in [-0.25, -0.2) is 4.98 Å². The highest BCUT2D eigenvalue weighted by Crippen LogP contribution is 2.32. The summed E-state index contributed by atoms with van der Waals surface area (Å²) in [5.74, 6) is -0.0154. The number of aryl methyl sites for hydroxylation is 3. The van der Waals surface area contributed by atoms with E-state index in [1.54, 1.807) is 41.0 Å². The van der Waals surface area contributed by atoms with Gasteiger partial charge in [-0.3, -0.25) is 19.0 Å². The molecule has 0 fully saturated rings. The van der Waals surface area contributed by atoms with Gasteiger partial charge in [-0.05, 0) is 57.0 Å². The van der Waals surface area contributed by atoms with Gasteiger partial charge < -0.3 is 15.4 Å². The summed E-state index contributed by atoms with van der Waals surface area (Å²) in [6, 6.07) is 12.4. The van der Waals surface area contributed by atoms with Crippen LogP contribution in [0.3, 0.4) is 0 Å². The number of amides is 2. The standard InChI is InChI=1S/C27H28N4O4S2/c1-6-31-26(34)23-16(3)17(4)37-25(23)30-27(31)36-14-22(32)28-20-12-15(2)19(13-21(20)35-5)29-24(33)18-10-8-7-9-11-18/h7-13H,6,14H2,1-5H3,(H,28,32)(H,29,33). The predicted octanol–water partition coefficient (Wildman–Crippen LogP) is 5.39. The van der Waals surface area contributed by atoms with Gasteiger partial charge in [0.1, 0.15) is 10.6 Å². The van der Waals surface area contributed by atoms with E-state index in [0.29, 0.717) is 44.6 Å². The van der Waals surface area contributed by atoms with Crippen molar-refractivity contribution in [1.29, 1.82) is 0 Å². The molecule has 2 N–H and O–H groups in total. The highest BCUT2D eigenvalue weighted by Gasteiger charge is 2.18. The van der Waals surface area contributed by atoms with Crippen LogP contribution in [-0.2, 0) is 11.3 Å². The minimum absolute atomic E-state index is 0.0655. The van der Waals surface area contributed by atoms with Crippen molar-refractivity contribution in [2.24, 2.45) is 0 Å². The fraction of sp³-hybridized carbons (Fsp3) is 0.259. The van der Waals surface area contributed by atoms with Crippen LogP contribution in [0.2, 0.25) is 0 Å². The predicted molar refractivity (Wildman–Crippen MR) is 151 cm³/mol. The number of hydrogen-bond acceptors (Lipinski definition) is 7. The summed E-state index contributed by atoms with van der Waals surface area (Å²) in [6.07, 6.45) is 0. The van der Waals surface area contributed by atoms with Crippen LogP contribution in [0.5, 0.6) is 5.75 Å². The van der Waals surface area contributed by atoms with Gasteiger partial charge in [0.25, 0.3) is 11.5 Å².